The highest BCUT2D eigenvalue weighted by Crippen LogP contribution is 2.11. The first-order valence-electron chi connectivity index (χ1n) is 7.38. The van der Waals surface area contributed by atoms with E-state index in [0.29, 0.717) is 6.42 Å². The number of benzene rings is 1. The van der Waals surface area contributed by atoms with E-state index in [0.717, 1.165) is 30.6 Å². The first-order valence-corrected chi connectivity index (χ1v) is 7.38. The Kier molecular flexibility index (Phi) is 7.35. The summed E-state index contributed by atoms with van der Waals surface area (Å²) in [6.07, 6.45) is 2.62. The van der Waals surface area contributed by atoms with Gasteiger partial charge in [-0.05, 0) is 38.4 Å². The van der Waals surface area contributed by atoms with Crippen molar-refractivity contribution in [3.8, 4) is 0 Å². The first-order chi connectivity index (χ1) is 10.0. The molecule has 0 bridgehead atoms. The molecule has 1 saturated heterocycles. The van der Waals surface area contributed by atoms with Gasteiger partial charge in [-0.25, -0.2) is 0 Å². The van der Waals surface area contributed by atoms with E-state index in [-0.39, 0.29) is 36.8 Å². The summed E-state index contributed by atoms with van der Waals surface area (Å²) in [4.78, 5) is 25.5. The second-order valence-electron chi connectivity index (χ2n) is 5.66. The standard InChI is InChI=1S/C16H23N3O2.ClH/c1-12-5-7-13(8-6-12)18-15(20)11-19(2)16(21)10-14-4-3-9-17-14;/h5-8,14,17H,3-4,9-11H2,1-2H3,(H,18,20);1H. The van der Waals surface area contributed by atoms with Crippen molar-refractivity contribution >= 4 is 29.9 Å². The van der Waals surface area contributed by atoms with Crippen molar-refractivity contribution in [3.05, 3.63) is 29.8 Å². The van der Waals surface area contributed by atoms with E-state index in [1.807, 2.05) is 31.2 Å². The quantitative estimate of drug-likeness (QED) is 0.870. The Morgan fingerprint density at radius 1 is 1.32 bits per heavy atom. The van der Waals surface area contributed by atoms with Gasteiger partial charge < -0.3 is 15.5 Å². The van der Waals surface area contributed by atoms with Gasteiger partial charge in [0.2, 0.25) is 11.8 Å². The molecule has 22 heavy (non-hydrogen) atoms. The van der Waals surface area contributed by atoms with Crippen LogP contribution < -0.4 is 10.6 Å². The molecule has 122 valence electrons. The van der Waals surface area contributed by atoms with E-state index in [9.17, 15) is 9.59 Å². The number of nitrogens with one attached hydrogen (secondary N) is 2. The predicted octanol–water partition coefficient (Wildman–Crippen LogP) is 1.96. The number of nitrogens with zero attached hydrogens (tertiary/aromatic N) is 1. The average molecular weight is 326 g/mol. The molecule has 2 rings (SSSR count). The normalized spacial score (nSPS) is 16.7. The predicted molar refractivity (Wildman–Crippen MR) is 90.3 cm³/mol. The summed E-state index contributed by atoms with van der Waals surface area (Å²) >= 11 is 0. The van der Waals surface area contributed by atoms with Crippen molar-refractivity contribution in [2.75, 3.05) is 25.5 Å². The van der Waals surface area contributed by atoms with Crippen molar-refractivity contribution in [1.29, 1.82) is 0 Å². The summed E-state index contributed by atoms with van der Waals surface area (Å²) in [7, 11) is 1.67. The molecule has 0 aliphatic carbocycles. The van der Waals surface area contributed by atoms with Gasteiger partial charge in [-0.3, -0.25) is 9.59 Å². The highest BCUT2D eigenvalue weighted by Gasteiger charge is 2.20. The third-order valence-electron chi connectivity index (χ3n) is 3.73. The molecule has 0 radical (unpaired) electrons. The van der Waals surface area contributed by atoms with Gasteiger partial charge in [0, 0.05) is 25.2 Å². The summed E-state index contributed by atoms with van der Waals surface area (Å²) in [5.41, 5.74) is 1.90. The first kappa shape index (κ1) is 18.5. The number of carbonyl (C=O) groups excluding carboxylic acids is 2. The average Bonchev–Trinajstić information content (AvgIpc) is 2.94. The Morgan fingerprint density at radius 3 is 2.59 bits per heavy atom. The third kappa shape index (κ3) is 5.66. The van der Waals surface area contributed by atoms with E-state index in [1.54, 1.807) is 7.05 Å². The molecule has 1 atom stereocenters. The third-order valence-corrected chi connectivity index (χ3v) is 3.73. The maximum atomic E-state index is 12.0. The fraction of sp³-hybridized carbons (Fsp3) is 0.500. The Morgan fingerprint density at radius 2 is 2.00 bits per heavy atom. The van der Waals surface area contributed by atoms with Gasteiger partial charge in [0.15, 0.2) is 0 Å². The molecule has 0 spiro atoms. The fourth-order valence-corrected chi connectivity index (χ4v) is 2.44. The molecule has 1 aromatic rings. The molecule has 6 heteroatoms. The van der Waals surface area contributed by atoms with Crippen LogP contribution in [0.2, 0.25) is 0 Å². The number of hydrogen-bond acceptors (Lipinski definition) is 3. The number of rotatable bonds is 5. The van der Waals surface area contributed by atoms with Crippen LogP contribution in [0.1, 0.15) is 24.8 Å². The Labute approximate surface area is 137 Å². The van der Waals surface area contributed by atoms with Gasteiger partial charge in [0.25, 0.3) is 0 Å². The molecule has 2 N–H and O–H groups in total. The van der Waals surface area contributed by atoms with Crippen LogP contribution in [0, 0.1) is 6.92 Å². The highest BCUT2D eigenvalue weighted by molar-refractivity contribution is 5.94. The van der Waals surface area contributed by atoms with Crippen LogP contribution in [0.15, 0.2) is 24.3 Å². The number of amides is 2. The number of halogens is 1. The van der Waals surface area contributed by atoms with Gasteiger partial charge >= 0.3 is 0 Å². The molecular weight excluding hydrogens is 302 g/mol. The van der Waals surface area contributed by atoms with Gasteiger partial charge in [0.1, 0.15) is 0 Å². The highest BCUT2D eigenvalue weighted by atomic mass is 35.5. The van der Waals surface area contributed by atoms with Gasteiger partial charge in [0.05, 0.1) is 6.54 Å². The molecular formula is C16H24ClN3O2. The topological polar surface area (TPSA) is 61.4 Å². The maximum Gasteiger partial charge on any atom is 0.243 e. The largest absolute Gasteiger partial charge is 0.336 e. The zero-order valence-electron chi connectivity index (χ0n) is 13.1. The summed E-state index contributed by atoms with van der Waals surface area (Å²) < 4.78 is 0. The lowest BCUT2D eigenvalue weighted by Crippen LogP contribution is -2.38. The molecule has 0 saturated carbocycles. The summed E-state index contributed by atoms with van der Waals surface area (Å²) in [6.45, 7) is 3.06. The van der Waals surface area contributed by atoms with Gasteiger partial charge in [-0.1, -0.05) is 17.7 Å². The van der Waals surface area contributed by atoms with Crippen LogP contribution in [-0.2, 0) is 9.59 Å². The number of likely N-dealkylation sites (N-methyl/N-ethyl adjacent to an activating group) is 1. The lowest BCUT2D eigenvalue weighted by atomic mass is 10.1. The number of carbonyl (C=O) groups is 2. The van der Waals surface area contributed by atoms with Crippen molar-refractivity contribution in [2.45, 2.75) is 32.2 Å². The molecule has 1 heterocycles. The van der Waals surface area contributed by atoms with Gasteiger partial charge in [-0.2, -0.15) is 0 Å². The molecule has 1 aromatic carbocycles. The second-order valence-corrected chi connectivity index (χ2v) is 5.66. The fourth-order valence-electron chi connectivity index (χ4n) is 2.44. The van der Waals surface area contributed by atoms with Crippen LogP contribution in [0.4, 0.5) is 5.69 Å². The Balaban J connectivity index is 0.00000242. The van der Waals surface area contributed by atoms with Crippen LogP contribution in [0.25, 0.3) is 0 Å². The number of aryl methyl sites for hydroxylation is 1. The van der Waals surface area contributed by atoms with Crippen molar-refractivity contribution in [3.63, 3.8) is 0 Å². The Bertz CT molecular complexity index is 499. The zero-order chi connectivity index (χ0) is 15.2. The van der Waals surface area contributed by atoms with Crippen LogP contribution in [-0.4, -0.2) is 42.9 Å². The maximum absolute atomic E-state index is 12.0. The van der Waals surface area contributed by atoms with Crippen LogP contribution >= 0.6 is 12.4 Å². The minimum atomic E-state index is -0.172. The molecule has 5 nitrogen and oxygen atoms in total. The summed E-state index contributed by atoms with van der Waals surface area (Å²) in [5, 5.41) is 6.09. The van der Waals surface area contributed by atoms with Crippen molar-refractivity contribution < 1.29 is 9.59 Å². The van der Waals surface area contributed by atoms with E-state index in [2.05, 4.69) is 10.6 Å². The van der Waals surface area contributed by atoms with Crippen molar-refractivity contribution in [1.82, 2.24) is 10.2 Å². The minimum Gasteiger partial charge on any atom is -0.336 e. The minimum absolute atomic E-state index is 0. The van der Waals surface area contributed by atoms with Crippen LogP contribution in [0.3, 0.4) is 0 Å². The Hall–Kier alpha value is -1.59. The number of anilines is 1. The van der Waals surface area contributed by atoms with E-state index in [4.69, 9.17) is 0 Å². The lowest BCUT2D eigenvalue weighted by molar-refractivity contribution is -0.133. The monoisotopic (exact) mass is 325 g/mol. The van der Waals surface area contributed by atoms with Gasteiger partial charge in [-0.15, -0.1) is 12.4 Å². The molecule has 1 aliphatic heterocycles. The number of hydrogen-bond donors (Lipinski definition) is 2. The van der Waals surface area contributed by atoms with E-state index < -0.39 is 0 Å². The molecule has 1 unspecified atom stereocenters. The molecule has 1 aliphatic rings. The SMILES string of the molecule is Cc1ccc(NC(=O)CN(C)C(=O)CC2CCCN2)cc1.Cl. The molecule has 2 amide bonds. The van der Waals surface area contributed by atoms with Crippen LogP contribution in [0.5, 0.6) is 0 Å². The van der Waals surface area contributed by atoms with Crippen molar-refractivity contribution in [2.24, 2.45) is 0 Å². The summed E-state index contributed by atoms with van der Waals surface area (Å²) in [6, 6.07) is 7.86. The second kappa shape index (κ2) is 8.76. The van der Waals surface area contributed by atoms with E-state index >= 15 is 0 Å². The zero-order valence-corrected chi connectivity index (χ0v) is 13.9. The lowest BCUT2D eigenvalue weighted by Gasteiger charge is -2.19. The molecule has 0 aromatic heterocycles. The molecule has 1 fully saturated rings. The van der Waals surface area contributed by atoms with E-state index in [1.165, 1.54) is 4.90 Å². The summed E-state index contributed by atoms with van der Waals surface area (Å²) in [5.74, 6) is -0.164. The smallest absolute Gasteiger partial charge is 0.243 e.